The molecule has 0 spiro atoms. The number of nitrogens with one attached hydrogen (secondary N) is 1. The molecule has 0 aromatic carbocycles. The van der Waals surface area contributed by atoms with Crippen LogP contribution in [-0.4, -0.2) is 22.3 Å². The van der Waals surface area contributed by atoms with Crippen molar-refractivity contribution in [2.45, 2.75) is 5.03 Å². The Hall–Kier alpha value is -0.570. The van der Waals surface area contributed by atoms with Crippen LogP contribution in [0.5, 0.6) is 0 Å². The van der Waals surface area contributed by atoms with Crippen molar-refractivity contribution in [3.05, 3.63) is 12.3 Å². The molecule has 0 saturated heterocycles. The number of aromatic nitrogens is 2. The largest absolute Gasteiger partial charge is 0.273 e. The third-order valence-electron chi connectivity index (χ3n) is 0.851. The van der Waals surface area contributed by atoms with E-state index >= 15 is 0 Å². The summed E-state index contributed by atoms with van der Waals surface area (Å²) in [4.78, 5) is 0. The van der Waals surface area contributed by atoms with E-state index in [4.69, 9.17) is 0 Å². The molecule has 8 heavy (non-hydrogen) atoms. The van der Waals surface area contributed by atoms with Gasteiger partial charge in [-0.25, -0.2) is 0 Å². The molecule has 0 aliphatic heterocycles. The van der Waals surface area contributed by atoms with Gasteiger partial charge in [0.1, 0.15) is 0 Å². The first-order chi connectivity index (χ1) is 3.80. The van der Waals surface area contributed by atoms with Crippen LogP contribution < -0.4 is 0 Å². The predicted octanol–water partition coefficient (Wildman–Crippen LogP) is 1.10. The van der Waals surface area contributed by atoms with Gasteiger partial charge < -0.3 is 0 Å². The lowest BCUT2D eigenvalue weighted by atomic mass is 10.8. The van der Waals surface area contributed by atoms with Gasteiger partial charge in [-0.05, 0) is 12.3 Å². The van der Waals surface area contributed by atoms with Gasteiger partial charge in [-0.1, -0.05) is 5.87 Å². The van der Waals surface area contributed by atoms with E-state index in [-0.39, 0.29) is 10.5 Å². The van der Waals surface area contributed by atoms with E-state index < -0.39 is 0 Å². The summed E-state index contributed by atoms with van der Waals surface area (Å²) in [6.07, 6.45) is 3.79. The van der Waals surface area contributed by atoms with E-state index in [1.54, 1.807) is 6.20 Å². The molecule has 1 unspecified atom stereocenters. The van der Waals surface area contributed by atoms with E-state index in [9.17, 15) is 0 Å². The van der Waals surface area contributed by atoms with Crippen molar-refractivity contribution in [2.75, 3.05) is 6.26 Å². The van der Waals surface area contributed by atoms with Crippen LogP contribution in [0.15, 0.2) is 17.3 Å². The third kappa shape index (κ3) is 0.980. The zero-order valence-electron chi connectivity index (χ0n) is 4.72. The molecule has 1 rings (SSSR count). The fourth-order valence-corrected chi connectivity index (χ4v) is 0.939. The Kier molecular flexibility index (Phi) is 1.48. The molecule has 0 bridgehead atoms. The minimum atomic E-state index is 0.0841. The zero-order valence-corrected chi connectivity index (χ0v) is 5.53. The van der Waals surface area contributed by atoms with Gasteiger partial charge in [0.2, 0.25) is 0 Å². The van der Waals surface area contributed by atoms with Gasteiger partial charge in [0.05, 0.1) is 5.03 Å². The van der Waals surface area contributed by atoms with Crippen molar-refractivity contribution < 1.29 is 0 Å². The van der Waals surface area contributed by atoms with Gasteiger partial charge in [-0.2, -0.15) is 5.10 Å². The second kappa shape index (κ2) is 2.13. The average Bonchev–Trinajstić information content (AvgIpc) is 2.12. The monoisotopic (exact) mass is 128 g/mol. The van der Waals surface area contributed by atoms with Crippen LogP contribution in [0.1, 0.15) is 0 Å². The Morgan fingerprint density at radius 3 is 2.88 bits per heavy atom. The second-order valence-electron chi connectivity index (χ2n) is 1.56. The SMILES string of the molecule is C=S(C)c1ccn[nH]1. The van der Waals surface area contributed by atoms with Crippen LogP contribution in [0, 0.1) is 0 Å². The summed E-state index contributed by atoms with van der Waals surface area (Å²) in [7, 11) is 0.0841. The van der Waals surface area contributed by atoms with E-state index in [0.29, 0.717) is 0 Å². The molecule has 0 aliphatic rings. The van der Waals surface area contributed by atoms with Crippen molar-refractivity contribution in [2.24, 2.45) is 0 Å². The summed E-state index contributed by atoms with van der Waals surface area (Å²) >= 11 is 0. The number of H-pyrrole nitrogens is 1. The summed E-state index contributed by atoms with van der Waals surface area (Å²) in [6.45, 7) is 0. The van der Waals surface area contributed by atoms with Gasteiger partial charge in [-0.15, -0.1) is 10.5 Å². The summed E-state index contributed by atoms with van der Waals surface area (Å²) in [6, 6.07) is 1.94. The van der Waals surface area contributed by atoms with Crippen LogP contribution >= 0.6 is 10.5 Å². The topological polar surface area (TPSA) is 28.7 Å². The van der Waals surface area contributed by atoms with Crippen LogP contribution in [0.4, 0.5) is 0 Å². The molecule has 0 saturated carbocycles. The average molecular weight is 128 g/mol. The molecule has 0 fully saturated rings. The highest BCUT2D eigenvalue weighted by atomic mass is 32.2. The van der Waals surface area contributed by atoms with Crippen LogP contribution in [0.2, 0.25) is 0 Å². The maximum absolute atomic E-state index is 3.84. The molecule has 0 radical (unpaired) electrons. The van der Waals surface area contributed by atoms with Crippen molar-refractivity contribution >= 4 is 16.4 Å². The Labute approximate surface area is 50.9 Å². The van der Waals surface area contributed by atoms with Gasteiger partial charge in [-0.3, -0.25) is 5.10 Å². The van der Waals surface area contributed by atoms with E-state index in [2.05, 4.69) is 16.1 Å². The quantitative estimate of drug-likeness (QED) is 0.564. The lowest BCUT2D eigenvalue weighted by Gasteiger charge is -1.89. The molecule has 1 atom stereocenters. The summed E-state index contributed by atoms with van der Waals surface area (Å²) in [5.41, 5.74) is 0. The van der Waals surface area contributed by atoms with Gasteiger partial charge in [0.15, 0.2) is 0 Å². The number of nitrogens with zero attached hydrogens (tertiary/aromatic N) is 1. The zero-order chi connectivity index (χ0) is 5.98. The minimum Gasteiger partial charge on any atom is -0.273 e. The van der Waals surface area contributed by atoms with Crippen molar-refractivity contribution in [1.82, 2.24) is 10.2 Å². The smallest absolute Gasteiger partial charge is 0.0845 e. The van der Waals surface area contributed by atoms with E-state index in [1.807, 2.05) is 12.3 Å². The maximum atomic E-state index is 3.84. The first kappa shape index (κ1) is 5.56. The molecule has 1 aromatic heterocycles. The molecular weight excluding hydrogens is 120 g/mol. The molecule has 44 valence electrons. The minimum absolute atomic E-state index is 0.0841. The first-order valence-corrected chi connectivity index (χ1v) is 4.06. The van der Waals surface area contributed by atoms with Gasteiger partial charge >= 0.3 is 0 Å². The van der Waals surface area contributed by atoms with Crippen LogP contribution in [0.25, 0.3) is 0 Å². The first-order valence-electron chi connectivity index (χ1n) is 2.25. The Morgan fingerprint density at radius 1 is 1.88 bits per heavy atom. The lowest BCUT2D eigenvalue weighted by molar-refractivity contribution is 1.00. The van der Waals surface area contributed by atoms with E-state index in [0.717, 1.165) is 5.03 Å². The fraction of sp³-hybridized carbons (Fsp3) is 0.200. The molecule has 1 N–H and O–H groups in total. The summed E-state index contributed by atoms with van der Waals surface area (Å²) in [5.74, 6) is 3.84. The number of hydrogen-bond donors (Lipinski definition) is 1. The van der Waals surface area contributed by atoms with Crippen molar-refractivity contribution in [1.29, 1.82) is 0 Å². The second-order valence-corrected chi connectivity index (χ2v) is 3.27. The third-order valence-corrected chi connectivity index (χ3v) is 1.83. The standard InChI is InChI=1S/C5H8N2S/c1-8(2)5-3-4-6-7-5/h3-4H,1H2,2H3,(H,6,7). The molecule has 3 heteroatoms. The summed E-state index contributed by atoms with van der Waals surface area (Å²) in [5, 5.41) is 7.74. The van der Waals surface area contributed by atoms with Gasteiger partial charge in [0, 0.05) is 6.20 Å². The number of aromatic amines is 1. The normalized spacial score (nSPS) is 13.6. The van der Waals surface area contributed by atoms with Crippen LogP contribution in [0.3, 0.4) is 0 Å². The Balaban J connectivity index is 2.93. The van der Waals surface area contributed by atoms with Crippen molar-refractivity contribution in [3.63, 3.8) is 0 Å². The fourth-order valence-electron chi connectivity index (χ4n) is 0.437. The number of rotatable bonds is 1. The van der Waals surface area contributed by atoms with Gasteiger partial charge in [0.25, 0.3) is 0 Å². The predicted molar refractivity (Wildman–Crippen MR) is 37.5 cm³/mol. The Bertz CT molecular complexity index is 178. The molecule has 1 aromatic rings. The molecule has 1 heterocycles. The highest BCUT2D eigenvalue weighted by Gasteiger charge is 1.87. The molecule has 0 amide bonds. The lowest BCUT2D eigenvalue weighted by Crippen LogP contribution is -1.69. The maximum Gasteiger partial charge on any atom is 0.0845 e. The highest BCUT2D eigenvalue weighted by molar-refractivity contribution is 8.13. The molecular formula is C5H8N2S. The molecule has 0 aliphatic carbocycles. The van der Waals surface area contributed by atoms with E-state index in [1.165, 1.54) is 0 Å². The van der Waals surface area contributed by atoms with Crippen LogP contribution in [-0.2, 0) is 0 Å². The van der Waals surface area contributed by atoms with Crippen molar-refractivity contribution in [3.8, 4) is 0 Å². The molecule has 2 nitrogen and oxygen atoms in total. The summed E-state index contributed by atoms with van der Waals surface area (Å²) < 4.78 is 0. The Morgan fingerprint density at radius 2 is 2.62 bits per heavy atom. The highest BCUT2D eigenvalue weighted by Crippen LogP contribution is 2.14. The number of hydrogen-bond acceptors (Lipinski definition) is 1.